The summed E-state index contributed by atoms with van der Waals surface area (Å²) in [6.45, 7) is 2.21. The summed E-state index contributed by atoms with van der Waals surface area (Å²) in [5.41, 5.74) is 1.69. The van der Waals surface area contributed by atoms with Crippen molar-refractivity contribution in [3.05, 3.63) is 28.2 Å². The second-order valence-electron chi connectivity index (χ2n) is 9.13. The molecule has 5 atom stereocenters. The second-order valence-corrected chi connectivity index (χ2v) is 10.2. The van der Waals surface area contributed by atoms with E-state index in [0.29, 0.717) is 16.5 Å². The largest absolute Gasteiger partial charge is 0.481 e. The van der Waals surface area contributed by atoms with E-state index in [1.165, 1.54) is 16.2 Å². The van der Waals surface area contributed by atoms with Crippen LogP contribution in [0.25, 0.3) is 0 Å². The molecule has 1 aromatic heterocycles. The van der Waals surface area contributed by atoms with Gasteiger partial charge in [0.1, 0.15) is 5.00 Å². The SMILES string of the molecule is C[C@@H]1CCc2c(sc(NC(=O)[C@H]3[C@@H](C(=O)O)[C@H]4C=C[C@H]3C4)c2C(=O)NC2CC2)C1. The van der Waals surface area contributed by atoms with Gasteiger partial charge in [-0.3, -0.25) is 14.4 Å². The molecule has 0 unspecified atom stereocenters. The Hall–Kier alpha value is -2.15. The van der Waals surface area contributed by atoms with Gasteiger partial charge in [-0.05, 0) is 61.8 Å². The van der Waals surface area contributed by atoms with Gasteiger partial charge in [-0.15, -0.1) is 11.3 Å². The third kappa shape index (κ3) is 3.29. The molecule has 2 bridgehead atoms. The van der Waals surface area contributed by atoms with Crippen molar-refractivity contribution in [2.24, 2.45) is 29.6 Å². The molecule has 0 aliphatic heterocycles. The van der Waals surface area contributed by atoms with Gasteiger partial charge in [-0.25, -0.2) is 0 Å². The lowest BCUT2D eigenvalue weighted by atomic mass is 9.82. The normalized spacial score (nSPS) is 32.1. The number of carboxylic acid groups (broad SMARTS) is 1. The summed E-state index contributed by atoms with van der Waals surface area (Å²) < 4.78 is 0. The minimum absolute atomic E-state index is 0.0283. The highest BCUT2D eigenvalue weighted by Gasteiger charge is 2.52. The number of thiophene rings is 1. The van der Waals surface area contributed by atoms with Gasteiger partial charge in [0.05, 0.1) is 17.4 Å². The van der Waals surface area contributed by atoms with E-state index in [9.17, 15) is 19.5 Å². The van der Waals surface area contributed by atoms with Crippen molar-refractivity contribution in [2.45, 2.75) is 51.5 Å². The molecule has 2 amide bonds. The number of anilines is 1. The summed E-state index contributed by atoms with van der Waals surface area (Å²) >= 11 is 1.50. The van der Waals surface area contributed by atoms with Crippen LogP contribution in [0, 0.1) is 29.6 Å². The third-order valence-corrected chi connectivity index (χ3v) is 8.10. The van der Waals surface area contributed by atoms with Gasteiger partial charge in [-0.1, -0.05) is 19.1 Å². The summed E-state index contributed by atoms with van der Waals surface area (Å²) in [5, 5.41) is 16.3. The van der Waals surface area contributed by atoms with Crippen LogP contribution >= 0.6 is 11.3 Å². The Morgan fingerprint density at radius 1 is 1.10 bits per heavy atom. The molecule has 3 N–H and O–H groups in total. The predicted octanol–water partition coefficient (Wildman–Crippen LogP) is 3.23. The number of hydrogen-bond acceptors (Lipinski definition) is 4. The Morgan fingerprint density at radius 3 is 2.52 bits per heavy atom. The van der Waals surface area contributed by atoms with Crippen LogP contribution in [0.4, 0.5) is 5.00 Å². The van der Waals surface area contributed by atoms with Gasteiger partial charge in [0, 0.05) is 10.9 Å². The molecule has 0 radical (unpaired) electrons. The van der Waals surface area contributed by atoms with E-state index in [1.807, 2.05) is 12.2 Å². The first-order chi connectivity index (χ1) is 13.9. The average Bonchev–Trinajstić information content (AvgIpc) is 3.11. The summed E-state index contributed by atoms with van der Waals surface area (Å²) in [5.74, 6) is -2.05. The molecule has 2 fully saturated rings. The number of amides is 2. The highest BCUT2D eigenvalue weighted by molar-refractivity contribution is 7.17. The van der Waals surface area contributed by atoms with Gasteiger partial charge < -0.3 is 15.7 Å². The van der Waals surface area contributed by atoms with E-state index in [-0.39, 0.29) is 29.7 Å². The maximum absolute atomic E-state index is 13.2. The number of hydrogen-bond donors (Lipinski definition) is 3. The molecule has 2 saturated carbocycles. The van der Waals surface area contributed by atoms with Crippen molar-refractivity contribution >= 4 is 34.1 Å². The summed E-state index contributed by atoms with van der Waals surface area (Å²) in [6.07, 6.45) is 9.48. The molecule has 29 heavy (non-hydrogen) atoms. The number of fused-ring (bicyclic) bond motifs is 3. The van der Waals surface area contributed by atoms with E-state index in [4.69, 9.17) is 0 Å². The zero-order valence-electron chi connectivity index (χ0n) is 16.4. The van der Waals surface area contributed by atoms with Crippen molar-refractivity contribution < 1.29 is 19.5 Å². The Labute approximate surface area is 173 Å². The maximum atomic E-state index is 13.2. The summed E-state index contributed by atoms with van der Waals surface area (Å²) in [4.78, 5) is 39.1. The lowest BCUT2D eigenvalue weighted by molar-refractivity contribution is -0.146. The standard InChI is InChI=1S/C22H26N2O4S/c1-10-2-7-14-15(8-10)29-21(18(14)20(26)23-13-5-6-13)24-19(25)16-11-3-4-12(9-11)17(16)22(27)28/h3-4,10-13,16-17H,2,5-9H2,1H3,(H,23,26)(H,24,25)(H,27,28)/t10-,11+,12+,16-,17+/m1/s1. The Bertz CT molecular complexity index is 916. The summed E-state index contributed by atoms with van der Waals surface area (Å²) in [6, 6.07) is 0.246. The molecule has 0 spiro atoms. The van der Waals surface area contributed by atoms with Crippen LogP contribution < -0.4 is 10.6 Å². The van der Waals surface area contributed by atoms with Crippen molar-refractivity contribution in [3.8, 4) is 0 Å². The zero-order valence-corrected chi connectivity index (χ0v) is 17.3. The third-order valence-electron chi connectivity index (χ3n) is 6.94. The number of nitrogens with one attached hydrogen (secondary N) is 2. The zero-order chi connectivity index (χ0) is 20.3. The molecular formula is C22H26N2O4S. The van der Waals surface area contributed by atoms with Crippen LogP contribution in [0.1, 0.15) is 53.4 Å². The topological polar surface area (TPSA) is 95.5 Å². The van der Waals surface area contributed by atoms with Crippen molar-refractivity contribution in [2.75, 3.05) is 5.32 Å². The van der Waals surface area contributed by atoms with E-state index < -0.39 is 17.8 Å². The minimum atomic E-state index is -0.909. The molecule has 4 aliphatic carbocycles. The van der Waals surface area contributed by atoms with E-state index in [1.54, 1.807) is 0 Å². The Morgan fingerprint density at radius 2 is 1.83 bits per heavy atom. The first kappa shape index (κ1) is 18.9. The van der Waals surface area contributed by atoms with Crippen LogP contribution in [0.2, 0.25) is 0 Å². The van der Waals surface area contributed by atoms with Gasteiger partial charge in [-0.2, -0.15) is 0 Å². The van der Waals surface area contributed by atoms with Crippen molar-refractivity contribution in [1.29, 1.82) is 0 Å². The minimum Gasteiger partial charge on any atom is -0.481 e. The van der Waals surface area contributed by atoms with Crippen molar-refractivity contribution in [1.82, 2.24) is 5.32 Å². The van der Waals surface area contributed by atoms with Crippen LogP contribution in [0.3, 0.4) is 0 Å². The predicted molar refractivity (Wildman–Crippen MR) is 110 cm³/mol. The van der Waals surface area contributed by atoms with E-state index in [0.717, 1.165) is 44.1 Å². The van der Waals surface area contributed by atoms with E-state index >= 15 is 0 Å². The molecule has 1 heterocycles. The molecular weight excluding hydrogens is 388 g/mol. The Kier molecular flexibility index (Phi) is 4.53. The molecule has 6 nitrogen and oxygen atoms in total. The molecule has 1 aromatic rings. The smallest absolute Gasteiger partial charge is 0.307 e. The lowest BCUT2D eigenvalue weighted by Gasteiger charge is -2.23. The number of carboxylic acids is 1. The van der Waals surface area contributed by atoms with Gasteiger partial charge >= 0.3 is 5.97 Å². The first-order valence-corrected chi connectivity index (χ1v) is 11.4. The number of rotatable bonds is 5. The average molecular weight is 415 g/mol. The summed E-state index contributed by atoms with van der Waals surface area (Å²) in [7, 11) is 0. The van der Waals surface area contributed by atoms with Crippen LogP contribution in [-0.4, -0.2) is 28.9 Å². The number of carbonyl (C=O) groups excluding carboxylic acids is 2. The van der Waals surface area contributed by atoms with Gasteiger partial charge in [0.15, 0.2) is 0 Å². The highest BCUT2D eigenvalue weighted by atomic mass is 32.1. The van der Waals surface area contributed by atoms with Crippen LogP contribution in [0.5, 0.6) is 0 Å². The monoisotopic (exact) mass is 414 g/mol. The molecule has 0 saturated heterocycles. The molecule has 154 valence electrons. The van der Waals surface area contributed by atoms with Crippen LogP contribution in [-0.2, 0) is 22.4 Å². The fourth-order valence-electron chi connectivity index (χ4n) is 5.28. The first-order valence-electron chi connectivity index (χ1n) is 10.6. The quantitative estimate of drug-likeness (QED) is 0.645. The van der Waals surface area contributed by atoms with Gasteiger partial charge in [0.25, 0.3) is 5.91 Å². The molecule has 5 rings (SSSR count). The number of aliphatic carboxylic acids is 1. The van der Waals surface area contributed by atoms with Gasteiger partial charge in [0.2, 0.25) is 5.91 Å². The maximum Gasteiger partial charge on any atom is 0.307 e. The Balaban J connectivity index is 1.44. The molecule has 0 aromatic carbocycles. The molecule has 7 heteroatoms. The van der Waals surface area contributed by atoms with Crippen molar-refractivity contribution in [3.63, 3.8) is 0 Å². The fourth-order valence-corrected chi connectivity index (χ4v) is 6.69. The van der Waals surface area contributed by atoms with E-state index in [2.05, 4.69) is 17.6 Å². The number of carbonyl (C=O) groups is 3. The fraction of sp³-hybridized carbons (Fsp3) is 0.591. The highest BCUT2D eigenvalue weighted by Crippen LogP contribution is 2.49. The number of allylic oxidation sites excluding steroid dienone is 2. The molecule has 4 aliphatic rings. The second kappa shape index (κ2) is 6.97. The lowest BCUT2D eigenvalue weighted by Crippen LogP contribution is -2.36. The van der Waals surface area contributed by atoms with Crippen LogP contribution in [0.15, 0.2) is 12.2 Å².